The SMILES string of the molecule is O=C(O)C1NN(Cc2ccccc2)C(=O)C1=O. The van der Waals surface area contributed by atoms with Crippen LogP contribution in [-0.4, -0.2) is 33.8 Å². The first kappa shape index (κ1) is 11.3. The molecule has 0 aromatic heterocycles. The summed E-state index contributed by atoms with van der Waals surface area (Å²) in [5.74, 6) is -3.10. The van der Waals surface area contributed by atoms with E-state index < -0.39 is 23.7 Å². The minimum atomic E-state index is -1.47. The number of hydrogen-bond donors (Lipinski definition) is 2. The van der Waals surface area contributed by atoms with E-state index >= 15 is 0 Å². The first-order valence-corrected chi connectivity index (χ1v) is 4.98. The monoisotopic (exact) mass is 234 g/mol. The van der Waals surface area contributed by atoms with E-state index in [-0.39, 0.29) is 6.54 Å². The number of carbonyl (C=O) groups excluding carboxylic acids is 2. The number of carbonyl (C=O) groups is 3. The number of Topliss-reactive ketones (excluding diaryl/α,β-unsaturated/α-hetero) is 1. The third-order valence-electron chi connectivity index (χ3n) is 2.43. The normalized spacial score (nSPS) is 19.8. The van der Waals surface area contributed by atoms with Crippen LogP contribution < -0.4 is 5.43 Å². The lowest BCUT2D eigenvalue weighted by molar-refractivity contribution is -0.145. The molecular weight excluding hydrogens is 224 g/mol. The molecule has 0 bridgehead atoms. The van der Waals surface area contributed by atoms with Crippen LogP contribution in [0.2, 0.25) is 0 Å². The van der Waals surface area contributed by atoms with Crippen LogP contribution in [0, 0.1) is 0 Å². The van der Waals surface area contributed by atoms with E-state index in [2.05, 4.69) is 5.43 Å². The average Bonchev–Trinajstić information content (AvgIpc) is 2.59. The van der Waals surface area contributed by atoms with Crippen LogP contribution in [0.25, 0.3) is 0 Å². The van der Waals surface area contributed by atoms with Crippen molar-refractivity contribution >= 4 is 17.7 Å². The number of hydrazine groups is 1. The zero-order valence-corrected chi connectivity index (χ0v) is 8.79. The predicted molar refractivity (Wildman–Crippen MR) is 56.6 cm³/mol. The number of ketones is 1. The van der Waals surface area contributed by atoms with E-state index in [1.165, 1.54) is 0 Å². The van der Waals surface area contributed by atoms with Gasteiger partial charge in [0, 0.05) is 0 Å². The summed E-state index contributed by atoms with van der Waals surface area (Å²) in [7, 11) is 0. The van der Waals surface area contributed by atoms with Crippen molar-refractivity contribution in [3.05, 3.63) is 35.9 Å². The van der Waals surface area contributed by atoms with Gasteiger partial charge in [0.25, 0.3) is 5.78 Å². The first-order chi connectivity index (χ1) is 8.09. The number of benzene rings is 1. The summed E-state index contributed by atoms with van der Waals surface area (Å²) in [6, 6.07) is 7.53. The molecule has 1 saturated heterocycles. The fourth-order valence-electron chi connectivity index (χ4n) is 1.58. The summed E-state index contributed by atoms with van der Waals surface area (Å²) in [6.07, 6.45) is 0. The van der Waals surface area contributed by atoms with Crippen molar-refractivity contribution in [1.29, 1.82) is 0 Å². The zero-order chi connectivity index (χ0) is 12.4. The van der Waals surface area contributed by atoms with Crippen molar-refractivity contribution < 1.29 is 19.5 Å². The second-order valence-electron chi connectivity index (χ2n) is 3.64. The molecule has 1 heterocycles. The van der Waals surface area contributed by atoms with Crippen LogP contribution in [0.5, 0.6) is 0 Å². The van der Waals surface area contributed by atoms with Gasteiger partial charge in [0.15, 0.2) is 6.04 Å². The Balaban J connectivity index is 2.12. The Kier molecular flexibility index (Phi) is 2.88. The lowest BCUT2D eigenvalue weighted by atomic mass is 10.2. The molecule has 1 aromatic rings. The van der Waals surface area contributed by atoms with Crippen molar-refractivity contribution in [2.24, 2.45) is 0 Å². The number of aliphatic carboxylic acids is 1. The van der Waals surface area contributed by atoms with Gasteiger partial charge in [-0.3, -0.25) is 14.6 Å². The molecule has 17 heavy (non-hydrogen) atoms. The lowest BCUT2D eigenvalue weighted by Crippen LogP contribution is -2.41. The van der Waals surface area contributed by atoms with Crippen molar-refractivity contribution in [3.63, 3.8) is 0 Å². The van der Waals surface area contributed by atoms with E-state index in [4.69, 9.17) is 5.11 Å². The highest BCUT2D eigenvalue weighted by atomic mass is 16.4. The summed E-state index contributed by atoms with van der Waals surface area (Å²) in [5.41, 5.74) is 3.19. The smallest absolute Gasteiger partial charge is 0.330 e. The number of nitrogens with zero attached hydrogens (tertiary/aromatic N) is 1. The predicted octanol–water partition coefficient (Wildman–Crippen LogP) is -0.444. The topological polar surface area (TPSA) is 86.7 Å². The van der Waals surface area contributed by atoms with E-state index in [1.54, 1.807) is 24.3 Å². The molecule has 6 heteroatoms. The summed E-state index contributed by atoms with van der Waals surface area (Å²) in [5, 5.41) is 9.75. The van der Waals surface area contributed by atoms with Gasteiger partial charge < -0.3 is 5.11 Å². The molecule has 6 nitrogen and oxygen atoms in total. The molecule has 0 aliphatic carbocycles. The molecule has 2 N–H and O–H groups in total. The molecule has 1 aliphatic heterocycles. The summed E-state index contributed by atoms with van der Waals surface area (Å²) in [4.78, 5) is 33.5. The van der Waals surface area contributed by atoms with Crippen molar-refractivity contribution in [2.75, 3.05) is 0 Å². The molecule has 1 amide bonds. The minimum absolute atomic E-state index is 0.162. The maximum atomic E-state index is 11.5. The van der Waals surface area contributed by atoms with Gasteiger partial charge in [-0.2, -0.15) is 0 Å². The number of amides is 1. The Bertz CT molecular complexity index is 472. The molecule has 1 fully saturated rings. The molecule has 88 valence electrons. The molecule has 0 radical (unpaired) electrons. The van der Waals surface area contributed by atoms with E-state index in [0.29, 0.717) is 0 Å². The van der Waals surface area contributed by atoms with Gasteiger partial charge in [-0.05, 0) is 5.56 Å². The quantitative estimate of drug-likeness (QED) is 0.546. The fraction of sp³-hybridized carbons (Fsp3) is 0.182. The van der Waals surface area contributed by atoms with Crippen LogP contribution in [-0.2, 0) is 20.9 Å². The largest absolute Gasteiger partial charge is 0.480 e. The maximum Gasteiger partial charge on any atom is 0.330 e. The van der Waals surface area contributed by atoms with Gasteiger partial charge in [0.2, 0.25) is 0 Å². The third-order valence-corrected chi connectivity index (χ3v) is 2.43. The fourth-order valence-corrected chi connectivity index (χ4v) is 1.58. The third kappa shape index (κ3) is 2.16. The Labute approximate surface area is 96.8 Å². The first-order valence-electron chi connectivity index (χ1n) is 4.98. The molecule has 0 spiro atoms. The minimum Gasteiger partial charge on any atom is -0.480 e. The van der Waals surface area contributed by atoms with E-state index in [1.807, 2.05) is 6.07 Å². The second-order valence-corrected chi connectivity index (χ2v) is 3.64. The van der Waals surface area contributed by atoms with Crippen LogP contribution in [0.3, 0.4) is 0 Å². The van der Waals surface area contributed by atoms with Gasteiger partial charge in [0.05, 0.1) is 6.54 Å². The van der Waals surface area contributed by atoms with Crippen molar-refractivity contribution in [1.82, 2.24) is 10.4 Å². The summed E-state index contributed by atoms with van der Waals surface area (Å²) in [6.45, 7) is 0.162. The molecule has 1 unspecified atom stereocenters. The summed E-state index contributed by atoms with van der Waals surface area (Å²) >= 11 is 0. The van der Waals surface area contributed by atoms with Crippen molar-refractivity contribution in [2.45, 2.75) is 12.6 Å². The van der Waals surface area contributed by atoms with Gasteiger partial charge in [-0.1, -0.05) is 30.3 Å². The second kappa shape index (κ2) is 4.34. The van der Waals surface area contributed by atoms with Crippen LogP contribution in [0.4, 0.5) is 0 Å². The number of carboxylic acids is 1. The van der Waals surface area contributed by atoms with Crippen LogP contribution >= 0.6 is 0 Å². The standard InChI is InChI=1S/C11H10N2O4/c14-9-8(11(16)17)12-13(10(9)15)6-7-4-2-1-3-5-7/h1-5,8,12H,6H2,(H,16,17). The lowest BCUT2D eigenvalue weighted by Gasteiger charge is -2.15. The number of rotatable bonds is 3. The highest BCUT2D eigenvalue weighted by molar-refractivity contribution is 6.43. The molecule has 1 aromatic carbocycles. The van der Waals surface area contributed by atoms with Crippen LogP contribution in [0.1, 0.15) is 5.56 Å². The number of hydrogen-bond acceptors (Lipinski definition) is 4. The zero-order valence-electron chi connectivity index (χ0n) is 8.79. The average molecular weight is 234 g/mol. The molecule has 0 saturated carbocycles. The Hall–Kier alpha value is -2.21. The highest BCUT2D eigenvalue weighted by Crippen LogP contribution is 2.09. The Morgan fingerprint density at radius 1 is 1.29 bits per heavy atom. The molecule has 1 aliphatic rings. The van der Waals surface area contributed by atoms with Gasteiger partial charge >= 0.3 is 11.9 Å². The highest BCUT2D eigenvalue weighted by Gasteiger charge is 2.42. The molecular formula is C11H10N2O4. The van der Waals surface area contributed by atoms with Crippen molar-refractivity contribution in [3.8, 4) is 0 Å². The van der Waals surface area contributed by atoms with E-state index in [0.717, 1.165) is 10.6 Å². The molecule has 1 atom stereocenters. The summed E-state index contributed by atoms with van der Waals surface area (Å²) < 4.78 is 0. The Morgan fingerprint density at radius 2 is 1.94 bits per heavy atom. The van der Waals surface area contributed by atoms with Crippen LogP contribution in [0.15, 0.2) is 30.3 Å². The number of nitrogens with one attached hydrogen (secondary N) is 1. The molecule has 2 rings (SSSR count). The Morgan fingerprint density at radius 3 is 2.47 bits per heavy atom. The van der Waals surface area contributed by atoms with E-state index in [9.17, 15) is 14.4 Å². The van der Waals surface area contributed by atoms with Gasteiger partial charge in [-0.15, -0.1) is 0 Å². The maximum absolute atomic E-state index is 11.5. The number of carboxylic acid groups (broad SMARTS) is 1. The van der Waals surface area contributed by atoms with Gasteiger partial charge in [-0.25, -0.2) is 10.2 Å². The van der Waals surface area contributed by atoms with Gasteiger partial charge in [0.1, 0.15) is 0 Å².